The van der Waals surface area contributed by atoms with Crippen LogP contribution in [0, 0.1) is 6.92 Å². The number of hydrogen-bond acceptors (Lipinski definition) is 5. The summed E-state index contributed by atoms with van der Waals surface area (Å²) in [7, 11) is 0. The summed E-state index contributed by atoms with van der Waals surface area (Å²) in [6.45, 7) is 2.76. The minimum Gasteiger partial charge on any atom is -0.394 e. The number of nitrogen functional groups attached to an aromatic ring is 1. The Bertz CT molecular complexity index is 497. The lowest BCUT2D eigenvalue weighted by Crippen LogP contribution is -2.04. The number of hydrogen-bond donors (Lipinski definition) is 2. The van der Waals surface area contributed by atoms with E-state index < -0.39 is 0 Å². The van der Waals surface area contributed by atoms with Gasteiger partial charge in [-0.2, -0.15) is 4.98 Å². The van der Waals surface area contributed by atoms with Crippen LogP contribution in [0.3, 0.4) is 0 Å². The van der Waals surface area contributed by atoms with E-state index in [0.29, 0.717) is 18.1 Å². The van der Waals surface area contributed by atoms with Crippen LogP contribution in [0.1, 0.15) is 9.75 Å². The Kier molecular flexibility index (Phi) is 3.26. The van der Waals surface area contributed by atoms with Crippen molar-refractivity contribution in [3.05, 3.63) is 33.4 Å². The van der Waals surface area contributed by atoms with E-state index in [2.05, 4.69) is 34.3 Å². The molecule has 0 aromatic carbocycles. The van der Waals surface area contributed by atoms with Crippen LogP contribution in [0.2, 0.25) is 5.28 Å². The number of halogens is 1. The maximum Gasteiger partial charge on any atom is 0.224 e. The first-order chi connectivity index (χ1) is 7.65. The number of aryl methyl sites for hydroxylation is 1. The van der Waals surface area contributed by atoms with Crippen LogP contribution in [-0.4, -0.2) is 9.97 Å². The van der Waals surface area contributed by atoms with Crippen molar-refractivity contribution in [2.75, 3.05) is 11.1 Å². The summed E-state index contributed by atoms with van der Waals surface area (Å²) in [6.07, 6.45) is 1.50. The molecule has 0 bridgehead atoms. The maximum absolute atomic E-state index is 5.72. The molecule has 0 saturated carbocycles. The van der Waals surface area contributed by atoms with Gasteiger partial charge in [0.25, 0.3) is 0 Å². The fourth-order valence-corrected chi connectivity index (χ4v) is 2.23. The highest BCUT2D eigenvalue weighted by atomic mass is 35.5. The lowest BCUT2D eigenvalue weighted by atomic mass is 10.4. The second-order valence-electron chi connectivity index (χ2n) is 3.31. The molecular formula is C10H11ClN4S. The van der Waals surface area contributed by atoms with Gasteiger partial charge in [-0.05, 0) is 30.7 Å². The van der Waals surface area contributed by atoms with E-state index in [-0.39, 0.29) is 5.28 Å². The molecule has 2 aromatic heterocycles. The molecule has 2 aromatic rings. The lowest BCUT2D eigenvalue weighted by molar-refractivity contribution is 1.10. The molecule has 3 N–H and O–H groups in total. The Morgan fingerprint density at radius 3 is 3.00 bits per heavy atom. The topological polar surface area (TPSA) is 63.8 Å². The average molecular weight is 255 g/mol. The zero-order valence-corrected chi connectivity index (χ0v) is 10.3. The molecule has 0 radical (unpaired) electrons. The Morgan fingerprint density at radius 2 is 2.31 bits per heavy atom. The van der Waals surface area contributed by atoms with Gasteiger partial charge in [0.2, 0.25) is 5.28 Å². The Labute approximate surface area is 102 Å². The van der Waals surface area contributed by atoms with Crippen molar-refractivity contribution in [2.24, 2.45) is 0 Å². The van der Waals surface area contributed by atoms with E-state index in [0.717, 1.165) is 0 Å². The first-order valence-electron chi connectivity index (χ1n) is 4.72. The van der Waals surface area contributed by atoms with Crippen molar-refractivity contribution in [1.29, 1.82) is 0 Å². The van der Waals surface area contributed by atoms with Crippen molar-refractivity contribution in [1.82, 2.24) is 9.97 Å². The highest BCUT2D eigenvalue weighted by molar-refractivity contribution is 7.11. The van der Waals surface area contributed by atoms with Crippen LogP contribution in [0.5, 0.6) is 0 Å². The van der Waals surface area contributed by atoms with Gasteiger partial charge in [0.15, 0.2) is 5.82 Å². The quantitative estimate of drug-likeness (QED) is 0.827. The minimum atomic E-state index is 0.194. The fourth-order valence-electron chi connectivity index (χ4n) is 1.26. The van der Waals surface area contributed by atoms with Gasteiger partial charge in [-0.3, -0.25) is 0 Å². The number of aromatic nitrogens is 2. The number of anilines is 2. The molecule has 16 heavy (non-hydrogen) atoms. The molecule has 0 atom stereocenters. The van der Waals surface area contributed by atoms with Gasteiger partial charge in [0.1, 0.15) is 0 Å². The van der Waals surface area contributed by atoms with Gasteiger partial charge in [-0.1, -0.05) is 0 Å². The molecule has 84 valence electrons. The molecule has 0 aliphatic rings. The molecule has 2 rings (SSSR count). The zero-order chi connectivity index (χ0) is 11.5. The SMILES string of the molecule is Cc1ccc(CNc2nc(Cl)ncc2N)s1. The van der Waals surface area contributed by atoms with E-state index in [1.807, 2.05) is 0 Å². The highest BCUT2D eigenvalue weighted by Crippen LogP contribution is 2.19. The smallest absolute Gasteiger partial charge is 0.224 e. The number of thiophene rings is 1. The summed E-state index contributed by atoms with van der Waals surface area (Å²) in [4.78, 5) is 10.3. The normalized spacial score (nSPS) is 10.4. The molecular weight excluding hydrogens is 244 g/mol. The lowest BCUT2D eigenvalue weighted by Gasteiger charge is -2.06. The average Bonchev–Trinajstić information content (AvgIpc) is 2.66. The third-order valence-electron chi connectivity index (χ3n) is 2.01. The maximum atomic E-state index is 5.72. The largest absolute Gasteiger partial charge is 0.394 e. The van der Waals surface area contributed by atoms with Crippen LogP contribution in [0.25, 0.3) is 0 Å². The predicted molar refractivity (Wildman–Crippen MR) is 67.8 cm³/mol. The van der Waals surface area contributed by atoms with Crippen LogP contribution in [-0.2, 0) is 6.54 Å². The van der Waals surface area contributed by atoms with Crippen LogP contribution in [0.4, 0.5) is 11.5 Å². The van der Waals surface area contributed by atoms with Crippen LogP contribution in [0.15, 0.2) is 18.3 Å². The van der Waals surface area contributed by atoms with E-state index in [1.165, 1.54) is 16.0 Å². The summed E-state index contributed by atoms with van der Waals surface area (Å²) in [5.41, 5.74) is 6.21. The van der Waals surface area contributed by atoms with Crippen LogP contribution >= 0.6 is 22.9 Å². The molecule has 0 unspecified atom stereocenters. The summed E-state index contributed by atoms with van der Waals surface area (Å²) >= 11 is 7.42. The first kappa shape index (κ1) is 11.2. The standard InChI is InChI=1S/C10H11ClN4S/c1-6-2-3-7(16-6)4-13-9-8(12)5-14-10(11)15-9/h2-3,5H,4,12H2,1H3,(H,13,14,15). The van der Waals surface area contributed by atoms with E-state index >= 15 is 0 Å². The van der Waals surface area contributed by atoms with Gasteiger partial charge < -0.3 is 11.1 Å². The summed E-state index contributed by atoms with van der Waals surface area (Å²) in [5, 5.41) is 3.33. The Hall–Kier alpha value is -1.33. The monoisotopic (exact) mass is 254 g/mol. The van der Waals surface area contributed by atoms with Gasteiger partial charge in [-0.25, -0.2) is 4.98 Å². The second-order valence-corrected chi connectivity index (χ2v) is 5.02. The molecule has 6 heteroatoms. The van der Waals surface area contributed by atoms with Crippen molar-refractivity contribution >= 4 is 34.4 Å². The van der Waals surface area contributed by atoms with Crippen LogP contribution < -0.4 is 11.1 Å². The van der Waals surface area contributed by atoms with Crippen molar-refractivity contribution in [2.45, 2.75) is 13.5 Å². The molecule has 0 fully saturated rings. The van der Waals surface area contributed by atoms with Gasteiger partial charge >= 0.3 is 0 Å². The highest BCUT2D eigenvalue weighted by Gasteiger charge is 2.03. The number of nitrogens with one attached hydrogen (secondary N) is 1. The zero-order valence-electron chi connectivity index (χ0n) is 8.70. The van der Waals surface area contributed by atoms with Crippen molar-refractivity contribution in [3.63, 3.8) is 0 Å². The fraction of sp³-hybridized carbons (Fsp3) is 0.200. The summed E-state index contributed by atoms with van der Waals surface area (Å²) in [6, 6.07) is 4.16. The molecule has 0 amide bonds. The summed E-state index contributed by atoms with van der Waals surface area (Å²) in [5.74, 6) is 0.575. The molecule has 0 saturated heterocycles. The van der Waals surface area contributed by atoms with E-state index in [1.54, 1.807) is 11.3 Å². The predicted octanol–water partition coefficient (Wildman–Crippen LogP) is 2.69. The number of nitrogens with two attached hydrogens (primary N) is 1. The third-order valence-corrected chi connectivity index (χ3v) is 3.20. The Morgan fingerprint density at radius 1 is 1.50 bits per heavy atom. The Balaban J connectivity index is 2.07. The molecule has 4 nitrogen and oxygen atoms in total. The third kappa shape index (κ3) is 2.62. The summed E-state index contributed by atoms with van der Waals surface area (Å²) < 4.78 is 0. The molecule has 0 aliphatic heterocycles. The molecule has 2 heterocycles. The van der Waals surface area contributed by atoms with Gasteiger partial charge in [0, 0.05) is 9.75 Å². The van der Waals surface area contributed by atoms with Gasteiger partial charge in [-0.15, -0.1) is 11.3 Å². The van der Waals surface area contributed by atoms with Gasteiger partial charge in [0.05, 0.1) is 18.4 Å². The second kappa shape index (κ2) is 4.67. The van der Waals surface area contributed by atoms with Crippen molar-refractivity contribution in [3.8, 4) is 0 Å². The number of rotatable bonds is 3. The first-order valence-corrected chi connectivity index (χ1v) is 5.92. The molecule has 0 aliphatic carbocycles. The number of nitrogens with zero attached hydrogens (tertiary/aromatic N) is 2. The van der Waals surface area contributed by atoms with E-state index in [4.69, 9.17) is 17.3 Å². The minimum absolute atomic E-state index is 0.194. The van der Waals surface area contributed by atoms with Crippen molar-refractivity contribution < 1.29 is 0 Å². The van der Waals surface area contributed by atoms with E-state index in [9.17, 15) is 0 Å². The molecule has 0 spiro atoms.